The molecule has 1 aromatic rings. The van der Waals surface area contributed by atoms with Crippen molar-refractivity contribution in [3.63, 3.8) is 0 Å². The molecule has 1 aliphatic rings. The summed E-state index contributed by atoms with van der Waals surface area (Å²) >= 11 is 5.74. The molecule has 0 aromatic heterocycles. The molecule has 2 atom stereocenters. The Balaban J connectivity index is 2.23. The molecule has 0 saturated carbocycles. The first-order valence-corrected chi connectivity index (χ1v) is 4.75. The second-order valence-corrected chi connectivity index (χ2v) is 3.77. The van der Waals surface area contributed by atoms with Crippen LogP contribution in [0.15, 0.2) is 24.3 Å². The van der Waals surface area contributed by atoms with E-state index in [4.69, 9.17) is 22.1 Å². The number of hydrogen-bond donors (Lipinski definition) is 1. The number of hydrogen-bond acceptors (Lipinski definition) is 3. The molecule has 1 aliphatic heterocycles. The minimum Gasteiger partial charge on any atom is -0.456 e. The third-order valence-electron chi connectivity index (χ3n) is 2.25. The van der Waals surface area contributed by atoms with Crippen LogP contribution in [0.1, 0.15) is 18.1 Å². The summed E-state index contributed by atoms with van der Waals surface area (Å²) in [6.07, 6.45) is -0.0346. The topological polar surface area (TPSA) is 52.3 Å². The Morgan fingerprint density at radius 1 is 1.36 bits per heavy atom. The summed E-state index contributed by atoms with van der Waals surface area (Å²) in [7, 11) is 0. The van der Waals surface area contributed by atoms with Gasteiger partial charge in [-0.2, -0.15) is 0 Å². The van der Waals surface area contributed by atoms with Gasteiger partial charge in [-0.3, -0.25) is 4.79 Å². The van der Waals surface area contributed by atoms with Gasteiger partial charge in [0, 0.05) is 5.02 Å². The summed E-state index contributed by atoms with van der Waals surface area (Å²) in [5.41, 5.74) is 6.66. The molecule has 3 nitrogen and oxygen atoms in total. The van der Waals surface area contributed by atoms with Gasteiger partial charge in [0.15, 0.2) is 0 Å². The van der Waals surface area contributed by atoms with Gasteiger partial charge in [0.1, 0.15) is 6.10 Å². The number of rotatable bonds is 1. The first kappa shape index (κ1) is 9.49. The molecule has 74 valence electrons. The second-order valence-electron chi connectivity index (χ2n) is 3.33. The number of benzene rings is 1. The molecule has 0 bridgehead atoms. The van der Waals surface area contributed by atoms with E-state index in [2.05, 4.69) is 0 Å². The lowest BCUT2D eigenvalue weighted by atomic mass is 10.0. The van der Waals surface area contributed by atoms with Crippen molar-refractivity contribution in [1.29, 1.82) is 0 Å². The molecule has 1 heterocycles. The van der Waals surface area contributed by atoms with E-state index in [1.807, 2.05) is 12.1 Å². The van der Waals surface area contributed by atoms with Gasteiger partial charge in [-0.25, -0.2) is 0 Å². The maximum atomic E-state index is 11.0. The summed E-state index contributed by atoms with van der Waals surface area (Å²) < 4.78 is 5.09. The Morgan fingerprint density at radius 2 is 2.00 bits per heavy atom. The number of carbonyl (C=O) groups excluding carboxylic acids is 1. The van der Waals surface area contributed by atoms with Crippen molar-refractivity contribution in [3.8, 4) is 0 Å². The molecule has 0 amide bonds. The summed E-state index contributed by atoms with van der Waals surface area (Å²) in [4.78, 5) is 11.0. The van der Waals surface area contributed by atoms with E-state index in [1.54, 1.807) is 12.1 Å². The zero-order valence-electron chi connectivity index (χ0n) is 7.44. The van der Waals surface area contributed by atoms with Gasteiger partial charge in [-0.1, -0.05) is 23.7 Å². The fourth-order valence-corrected chi connectivity index (χ4v) is 1.67. The van der Waals surface area contributed by atoms with E-state index in [-0.39, 0.29) is 24.5 Å². The number of nitrogens with two attached hydrogens (primary N) is 1. The van der Waals surface area contributed by atoms with Crippen LogP contribution in [0.4, 0.5) is 0 Å². The van der Waals surface area contributed by atoms with Crippen molar-refractivity contribution in [2.75, 3.05) is 0 Å². The largest absolute Gasteiger partial charge is 0.456 e. The SMILES string of the molecule is N[C@@H]1CC(=O)O[C@H]1c1ccc(Cl)cc1. The van der Waals surface area contributed by atoms with Crippen LogP contribution in [0.3, 0.4) is 0 Å². The molecule has 0 spiro atoms. The highest BCUT2D eigenvalue weighted by molar-refractivity contribution is 6.30. The minimum absolute atomic E-state index is 0.238. The molecule has 1 fully saturated rings. The van der Waals surface area contributed by atoms with Gasteiger partial charge in [0.25, 0.3) is 0 Å². The quantitative estimate of drug-likeness (QED) is 0.719. The van der Waals surface area contributed by atoms with Crippen LogP contribution >= 0.6 is 11.6 Å². The molecule has 0 radical (unpaired) electrons. The number of ether oxygens (including phenoxy) is 1. The van der Waals surface area contributed by atoms with Crippen molar-refractivity contribution in [2.45, 2.75) is 18.6 Å². The van der Waals surface area contributed by atoms with Crippen molar-refractivity contribution >= 4 is 17.6 Å². The van der Waals surface area contributed by atoms with Crippen LogP contribution in [0.5, 0.6) is 0 Å². The lowest BCUT2D eigenvalue weighted by molar-refractivity contribution is -0.141. The van der Waals surface area contributed by atoms with Crippen molar-refractivity contribution in [1.82, 2.24) is 0 Å². The normalized spacial score (nSPS) is 26.3. The second kappa shape index (κ2) is 3.59. The van der Waals surface area contributed by atoms with Crippen LogP contribution < -0.4 is 5.73 Å². The average Bonchev–Trinajstić information content (AvgIpc) is 2.47. The van der Waals surface area contributed by atoms with Crippen LogP contribution in [-0.4, -0.2) is 12.0 Å². The predicted molar refractivity (Wildman–Crippen MR) is 52.9 cm³/mol. The molecule has 0 unspecified atom stereocenters. The Morgan fingerprint density at radius 3 is 2.50 bits per heavy atom. The molecule has 2 rings (SSSR count). The molecular weight excluding hydrogens is 202 g/mol. The summed E-state index contributed by atoms with van der Waals surface area (Å²) in [6, 6.07) is 6.92. The third kappa shape index (κ3) is 1.74. The van der Waals surface area contributed by atoms with Crippen molar-refractivity contribution in [3.05, 3.63) is 34.9 Å². The fourth-order valence-electron chi connectivity index (χ4n) is 1.54. The molecule has 4 heteroatoms. The Kier molecular flexibility index (Phi) is 2.44. The highest BCUT2D eigenvalue weighted by Gasteiger charge is 2.32. The predicted octanol–water partition coefficient (Wildman–Crippen LogP) is 1.66. The van der Waals surface area contributed by atoms with Gasteiger partial charge in [-0.05, 0) is 17.7 Å². The molecule has 2 N–H and O–H groups in total. The number of cyclic esters (lactones) is 1. The third-order valence-corrected chi connectivity index (χ3v) is 2.50. The minimum atomic E-state index is -0.320. The molecule has 1 saturated heterocycles. The van der Waals surface area contributed by atoms with Crippen LogP contribution in [-0.2, 0) is 9.53 Å². The summed E-state index contributed by atoms with van der Waals surface area (Å²) in [5.74, 6) is -0.238. The van der Waals surface area contributed by atoms with Gasteiger partial charge in [0.2, 0.25) is 0 Å². The average molecular weight is 212 g/mol. The number of halogens is 1. The highest BCUT2D eigenvalue weighted by atomic mass is 35.5. The highest BCUT2D eigenvalue weighted by Crippen LogP contribution is 2.29. The molecular formula is C10H10ClNO2. The van der Waals surface area contributed by atoms with E-state index < -0.39 is 0 Å². The summed E-state index contributed by atoms with van der Waals surface area (Å²) in [5, 5.41) is 0.659. The van der Waals surface area contributed by atoms with Crippen molar-refractivity contribution < 1.29 is 9.53 Å². The van der Waals surface area contributed by atoms with Crippen molar-refractivity contribution in [2.24, 2.45) is 5.73 Å². The fraction of sp³-hybridized carbons (Fsp3) is 0.300. The molecule has 14 heavy (non-hydrogen) atoms. The van der Waals surface area contributed by atoms with E-state index in [0.29, 0.717) is 5.02 Å². The van der Waals surface area contributed by atoms with Crippen LogP contribution in [0.25, 0.3) is 0 Å². The van der Waals surface area contributed by atoms with Gasteiger partial charge >= 0.3 is 5.97 Å². The monoisotopic (exact) mass is 211 g/mol. The Labute approximate surface area is 86.8 Å². The van der Waals surface area contributed by atoms with Gasteiger partial charge in [-0.15, -0.1) is 0 Å². The number of carbonyl (C=O) groups is 1. The zero-order chi connectivity index (χ0) is 10.1. The Hall–Kier alpha value is -1.06. The lowest BCUT2D eigenvalue weighted by Crippen LogP contribution is -2.23. The van der Waals surface area contributed by atoms with E-state index in [1.165, 1.54) is 0 Å². The molecule has 0 aliphatic carbocycles. The lowest BCUT2D eigenvalue weighted by Gasteiger charge is -2.13. The van der Waals surface area contributed by atoms with E-state index >= 15 is 0 Å². The first-order valence-electron chi connectivity index (χ1n) is 4.37. The van der Waals surface area contributed by atoms with Crippen LogP contribution in [0, 0.1) is 0 Å². The Bertz CT molecular complexity index is 350. The molecule has 1 aromatic carbocycles. The van der Waals surface area contributed by atoms with Gasteiger partial charge < -0.3 is 10.5 Å². The van der Waals surface area contributed by atoms with E-state index in [0.717, 1.165) is 5.56 Å². The summed E-state index contributed by atoms with van der Waals surface area (Å²) in [6.45, 7) is 0. The maximum Gasteiger partial charge on any atom is 0.308 e. The van der Waals surface area contributed by atoms with Crippen LogP contribution in [0.2, 0.25) is 5.02 Å². The zero-order valence-corrected chi connectivity index (χ0v) is 8.20. The first-order chi connectivity index (χ1) is 6.66. The van der Waals surface area contributed by atoms with Gasteiger partial charge in [0.05, 0.1) is 12.5 Å². The number of esters is 1. The standard InChI is InChI=1S/C10H10ClNO2/c11-7-3-1-6(2-4-7)10-8(12)5-9(13)14-10/h1-4,8,10H,5,12H2/t8-,10+/m1/s1. The smallest absolute Gasteiger partial charge is 0.308 e. The maximum absolute atomic E-state index is 11.0. The van der Waals surface area contributed by atoms with E-state index in [9.17, 15) is 4.79 Å².